The summed E-state index contributed by atoms with van der Waals surface area (Å²) in [6.07, 6.45) is 0. The fourth-order valence-electron chi connectivity index (χ4n) is 0. The van der Waals surface area contributed by atoms with E-state index in [9.17, 15) is 0 Å². The molecule has 25 valence electrons. The molecule has 0 spiro atoms. The molecule has 1 radical (unpaired) electrons. The number of hydrogen-bond acceptors (Lipinski definition) is 0. The monoisotopic (exact) mass is 159 g/mol. The van der Waals surface area contributed by atoms with Gasteiger partial charge in [-0.1, -0.05) is 0 Å². The third-order valence-corrected chi connectivity index (χ3v) is 2.73. The first kappa shape index (κ1) is 5.12. The van der Waals surface area contributed by atoms with Gasteiger partial charge in [0.25, 0.3) is 0 Å². The first-order chi connectivity index (χ1) is 1.91. The predicted octanol–water partition coefficient (Wildman–Crippen LogP) is 0.773. The van der Waals surface area contributed by atoms with Crippen molar-refractivity contribution in [3.8, 4) is 0 Å². The first-order valence-electron chi connectivity index (χ1n) is 0.894. The molecule has 0 aliphatic heterocycles. The molecule has 0 amide bonds. The Kier molecular flexibility index (Phi) is 5.28. The van der Waals surface area contributed by atoms with E-state index in [0.29, 0.717) is 4.71 Å². The van der Waals surface area contributed by atoms with Crippen molar-refractivity contribution in [2.24, 2.45) is 0 Å². The fourth-order valence-corrected chi connectivity index (χ4v) is 0. The van der Waals surface area contributed by atoms with Crippen molar-refractivity contribution in [2.75, 3.05) is 4.71 Å². The van der Waals surface area contributed by atoms with E-state index >= 15 is 0 Å². The maximum atomic E-state index is 5.21. The van der Waals surface area contributed by atoms with E-state index in [4.69, 9.17) is 21.6 Å². The van der Waals surface area contributed by atoms with E-state index in [1.807, 2.05) is 0 Å². The van der Waals surface area contributed by atoms with E-state index in [2.05, 4.69) is 0 Å². The molecule has 0 aliphatic carbocycles. The predicted molar refractivity (Wildman–Crippen MR) is 23.7 cm³/mol. The van der Waals surface area contributed by atoms with Gasteiger partial charge in [0, 0.05) is 0 Å². The summed E-state index contributed by atoms with van der Waals surface area (Å²) in [6.45, 7) is 0. The molecule has 0 aromatic rings. The van der Waals surface area contributed by atoms with Crippen molar-refractivity contribution < 1.29 is 0 Å². The molecule has 0 aromatic carbocycles. The SMILES string of the molecule is Cl[CH2][GeH][Cl]. The van der Waals surface area contributed by atoms with E-state index in [1.54, 1.807) is 0 Å². The molecule has 0 N–H and O–H groups in total. The third-order valence-electron chi connectivity index (χ3n) is 0.0583. The van der Waals surface area contributed by atoms with Crippen LogP contribution in [0.4, 0.5) is 0 Å². The van der Waals surface area contributed by atoms with E-state index in [1.165, 1.54) is 0 Å². The molecule has 0 heterocycles. The Hall–Kier alpha value is 1.12. The average molecular weight is 159 g/mol. The zero-order valence-electron chi connectivity index (χ0n) is 2.04. The Morgan fingerprint density at radius 3 is 2.00 bits per heavy atom. The van der Waals surface area contributed by atoms with Gasteiger partial charge in [-0.25, -0.2) is 0 Å². The summed E-state index contributed by atoms with van der Waals surface area (Å²) in [5.74, 6) is 0. The average Bonchev–Trinajstić information content (AvgIpc) is 1.37. The Morgan fingerprint density at radius 2 is 2.00 bits per heavy atom. The van der Waals surface area contributed by atoms with Crippen molar-refractivity contribution >= 4 is 36.1 Å². The van der Waals surface area contributed by atoms with Gasteiger partial charge in [-0.05, 0) is 0 Å². The Bertz CT molecular complexity index is 8.00. The third kappa shape index (κ3) is 3.12. The molecule has 0 fully saturated rings. The number of alkyl halides is 1. The van der Waals surface area contributed by atoms with Gasteiger partial charge in [0.1, 0.15) is 0 Å². The second kappa shape index (κ2) is 4.12. The van der Waals surface area contributed by atoms with Gasteiger partial charge in [-0.3, -0.25) is 0 Å². The van der Waals surface area contributed by atoms with Gasteiger partial charge in [0.2, 0.25) is 0 Å². The molecule has 0 unspecified atom stereocenters. The zero-order chi connectivity index (χ0) is 3.41. The van der Waals surface area contributed by atoms with Gasteiger partial charge in [-0.15, -0.1) is 0 Å². The van der Waals surface area contributed by atoms with Crippen LogP contribution in [-0.4, -0.2) is 19.2 Å². The van der Waals surface area contributed by atoms with Gasteiger partial charge in [0.05, 0.1) is 0 Å². The van der Waals surface area contributed by atoms with Crippen LogP contribution < -0.4 is 0 Å². The number of hydrogen-bond donors (Lipinski definition) is 0. The minimum atomic E-state index is -0.450. The summed E-state index contributed by atoms with van der Waals surface area (Å²) in [7, 11) is 5.21. The maximum absolute atomic E-state index is 5.21. The molecule has 0 saturated carbocycles. The summed E-state index contributed by atoms with van der Waals surface area (Å²) in [4.78, 5) is 0. The standard InChI is InChI=1S/CH3Cl2Ge/c2-1-4-3/h4H,1H2. The van der Waals surface area contributed by atoms with E-state index in [-0.39, 0.29) is 0 Å². The molecule has 0 aromatic heterocycles. The minimum absolute atomic E-state index is 0.450. The Labute approximate surface area is 41.1 Å². The number of halogens is 2. The molecule has 0 atom stereocenters. The van der Waals surface area contributed by atoms with Gasteiger partial charge >= 0.3 is 40.8 Å². The van der Waals surface area contributed by atoms with Crippen molar-refractivity contribution in [3.63, 3.8) is 0 Å². The normalized spacial score (nSPS) is 7.50. The van der Waals surface area contributed by atoms with Crippen molar-refractivity contribution in [3.05, 3.63) is 0 Å². The van der Waals surface area contributed by atoms with Crippen LogP contribution in [0.3, 0.4) is 0 Å². The fraction of sp³-hybridized carbons (Fsp3) is 1.00. The molecule has 0 aliphatic rings. The second-order valence-electron chi connectivity index (χ2n) is 0.309. The van der Waals surface area contributed by atoms with Gasteiger partial charge < -0.3 is 0 Å². The summed E-state index contributed by atoms with van der Waals surface area (Å²) < 4.78 is 0.713. The van der Waals surface area contributed by atoms with Crippen LogP contribution in [0, 0.1) is 0 Å². The van der Waals surface area contributed by atoms with Crippen LogP contribution in [0.15, 0.2) is 0 Å². The second-order valence-corrected chi connectivity index (χ2v) is 4.81. The molecule has 3 heteroatoms. The molecule has 0 bridgehead atoms. The summed E-state index contributed by atoms with van der Waals surface area (Å²) in [5.41, 5.74) is 0. The Morgan fingerprint density at radius 1 is 1.75 bits per heavy atom. The first-order valence-corrected chi connectivity index (χ1v) is 6.32. The van der Waals surface area contributed by atoms with Crippen LogP contribution >= 0.6 is 21.6 Å². The molecular formula is CH3Cl2Ge. The molecular weight excluding hydrogens is 156 g/mol. The quantitative estimate of drug-likeness (QED) is 0.391. The summed E-state index contributed by atoms with van der Waals surface area (Å²) in [6, 6.07) is 0. The number of rotatable bonds is 1. The van der Waals surface area contributed by atoms with E-state index < -0.39 is 14.5 Å². The molecule has 0 saturated heterocycles. The van der Waals surface area contributed by atoms with E-state index in [0.717, 1.165) is 0 Å². The van der Waals surface area contributed by atoms with Crippen LogP contribution in [-0.2, 0) is 0 Å². The molecule has 0 rings (SSSR count). The van der Waals surface area contributed by atoms with Crippen molar-refractivity contribution in [1.29, 1.82) is 0 Å². The topological polar surface area (TPSA) is 0 Å². The summed E-state index contributed by atoms with van der Waals surface area (Å²) in [5, 5.41) is 0. The van der Waals surface area contributed by atoms with Crippen LogP contribution in [0.2, 0.25) is 0 Å². The summed E-state index contributed by atoms with van der Waals surface area (Å²) >= 11 is 4.67. The van der Waals surface area contributed by atoms with Crippen LogP contribution in [0.25, 0.3) is 0 Å². The molecule has 0 nitrogen and oxygen atoms in total. The van der Waals surface area contributed by atoms with Crippen LogP contribution in [0.5, 0.6) is 0 Å². The van der Waals surface area contributed by atoms with Crippen LogP contribution in [0.1, 0.15) is 0 Å². The van der Waals surface area contributed by atoms with Gasteiger partial charge in [0.15, 0.2) is 0 Å². The van der Waals surface area contributed by atoms with Crippen molar-refractivity contribution in [1.82, 2.24) is 0 Å². The van der Waals surface area contributed by atoms with Gasteiger partial charge in [-0.2, -0.15) is 0 Å². The zero-order valence-corrected chi connectivity index (χ0v) is 5.97. The van der Waals surface area contributed by atoms with Crippen molar-refractivity contribution in [2.45, 2.75) is 0 Å². The Balaban J connectivity index is 1.97. The molecule has 4 heavy (non-hydrogen) atoms.